The van der Waals surface area contributed by atoms with Crippen molar-refractivity contribution in [3.63, 3.8) is 0 Å². The molecule has 1 spiro atoms. The summed E-state index contributed by atoms with van der Waals surface area (Å²) in [5.74, 6) is -2.65. The molecule has 0 bridgehead atoms. The average molecular weight is 804 g/mol. The minimum atomic E-state index is -3.36. The van der Waals surface area contributed by atoms with E-state index in [0.717, 1.165) is 85.6 Å². The van der Waals surface area contributed by atoms with Crippen LogP contribution in [-0.2, 0) is 31.4 Å². The van der Waals surface area contributed by atoms with E-state index in [-0.39, 0.29) is 53.3 Å². The van der Waals surface area contributed by atoms with Gasteiger partial charge in [-0.2, -0.15) is 0 Å². The minimum absolute atomic E-state index is 0.0611. The number of hydrogen-bond donors (Lipinski definition) is 1. The Balaban J connectivity index is 0.985. The first-order chi connectivity index (χ1) is 27.2. The van der Waals surface area contributed by atoms with Gasteiger partial charge in [0.25, 0.3) is 5.91 Å². The molecule has 3 atom stereocenters. The molecule has 8 rings (SSSR count). The number of sulfonamides is 1. The summed E-state index contributed by atoms with van der Waals surface area (Å²) in [7, 11) is -3.36. The average Bonchev–Trinajstić information content (AvgIpc) is 3.72. The second-order valence-corrected chi connectivity index (χ2v) is 19.3. The van der Waals surface area contributed by atoms with E-state index in [0.29, 0.717) is 44.5 Å². The lowest BCUT2D eigenvalue weighted by atomic mass is 9.73. The van der Waals surface area contributed by atoms with Crippen LogP contribution in [0, 0.1) is 23.4 Å². The van der Waals surface area contributed by atoms with E-state index in [2.05, 4.69) is 46.8 Å². The van der Waals surface area contributed by atoms with Crippen molar-refractivity contribution < 1.29 is 31.2 Å². The molecule has 5 aliphatic rings. The van der Waals surface area contributed by atoms with Crippen molar-refractivity contribution in [3.05, 3.63) is 101 Å². The van der Waals surface area contributed by atoms with Crippen molar-refractivity contribution in [1.82, 2.24) is 9.62 Å². The number of amides is 2. The van der Waals surface area contributed by atoms with Crippen molar-refractivity contribution >= 4 is 38.9 Å². The Labute approximate surface area is 333 Å². The van der Waals surface area contributed by atoms with Gasteiger partial charge in [-0.1, -0.05) is 18.7 Å². The van der Waals surface area contributed by atoms with Crippen molar-refractivity contribution in [2.45, 2.75) is 87.6 Å². The number of fused-ring (bicyclic) bond motifs is 5. The Morgan fingerprint density at radius 1 is 0.930 bits per heavy atom. The molecule has 0 saturated carbocycles. The summed E-state index contributed by atoms with van der Waals surface area (Å²) < 4.78 is 68.9. The van der Waals surface area contributed by atoms with Gasteiger partial charge < -0.3 is 20.0 Å². The summed E-state index contributed by atoms with van der Waals surface area (Å²) in [6.45, 7) is 9.70. The lowest BCUT2D eigenvalue weighted by molar-refractivity contribution is -0.122. The number of carbonyl (C=O) groups excluding carboxylic acids is 2. The first-order valence-corrected chi connectivity index (χ1v) is 22.1. The Morgan fingerprint density at radius 2 is 1.68 bits per heavy atom. The Kier molecular flexibility index (Phi) is 10.5. The van der Waals surface area contributed by atoms with Gasteiger partial charge >= 0.3 is 0 Å². The molecule has 304 valence electrons. The van der Waals surface area contributed by atoms with Crippen molar-refractivity contribution in [3.8, 4) is 0 Å². The van der Waals surface area contributed by atoms with Crippen LogP contribution in [0.3, 0.4) is 0 Å². The predicted molar refractivity (Wildman–Crippen MR) is 217 cm³/mol. The molecule has 0 unspecified atom stereocenters. The number of carbonyl (C=O) groups is 2. The van der Waals surface area contributed by atoms with E-state index in [4.69, 9.17) is 0 Å². The van der Waals surface area contributed by atoms with E-state index in [1.165, 1.54) is 28.8 Å². The maximum absolute atomic E-state index is 15.0. The van der Waals surface area contributed by atoms with Crippen LogP contribution in [0.2, 0.25) is 0 Å². The van der Waals surface area contributed by atoms with Gasteiger partial charge in [-0.3, -0.25) is 9.59 Å². The molecule has 3 aromatic carbocycles. The van der Waals surface area contributed by atoms with Crippen molar-refractivity contribution in [2.75, 3.05) is 60.2 Å². The van der Waals surface area contributed by atoms with Gasteiger partial charge in [0.15, 0.2) is 11.6 Å². The van der Waals surface area contributed by atoms with E-state index in [1.54, 1.807) is 6.07 Å². The molecule has 13 heteroatoms. The van der Waals surface area contributed by atoms with Crippen LogP contribution in [0.15, 0.2) is 67.3 Å². The zero-order valence-electron chi connectivity index (χ0n) is 32.8. The topological polar surface area (TPSA) is 93.3 Å². The third kappa shape index (κ3) is 7.57. The summed E-state index contributed by atoms with van der Waals surface area (Å²) in [6.07, 6.45) is 8.47. The second-order valence-electron chi connectivity index (χ2n) is 17.3. The lowest BCUT2D eigenvalue weighted by Gasteiger charge is -2.47. The summed E-state index contributed by atoms with van der Waals surface area (Å²) in [5, 5.41) is 3.23. The Morgan fingerprint density at radius 3 is 2.39 bits per heavy atom. The molecule has 9 nitrogen and oxygen atoms in total. The highest BCUT2D eigenvalue weighted by atomic mass is 32.2. The van der Waals surface area contributed by atoms with Gasteiger partial charge in [-0.25, -0.2) is 25.9 Å². The van der Waals surface area contributed by atoms with Gasteiger partial charge in [0, 0.05) is 57.4 Å². The monoisotopic (exact) mass is 803 g/mol. The Hall–Kier alpha value is -4.36. The van der Waals surface area contributed by atoms with E-state index >= 15 is 0 Å². The maximum Gasteiger partial charge on any atom is 0.250 e. The molecule has 57 heavy (non-hydrogen) atoms. The zero-order valence-corrected chi connectivity index (χ0v) is 33.6. The van der Waals surface area contributed by atoms with E-state index in [1.807, 2.05) is 11.0 Å². The highest BCUT2D eigenvalue weighted by molar-refractivity contribution is 7.88. The zero-order chi connectivity index (χ0) is 40.3. The molecule has 4 aliphatic heterocycles. The van der Waals surface area contributed by atoms with Gasteiger partial charge in [-0.05, 0) is 141 Å². The van der Waals surface area contributed by atoms with Crippen LogP contribution in [-0.4, -0.2) is 81.6 Å². The van der Waals surface area contributed by atoms with Crippen LogP contribution in [0.5, 0.6) is 0 Å². The van der Waals surface area contributed by atoms with E-state index in [9.17, 15) is 31.2 Å². The summed E-state index contributed by atoms with van der Waals surface area (Å²) in [6, 6.07) is 14.7. The molecular formula is C44H52F3N5O4S. The van der Waals surface area contributed by atoms with Gasteiger partial charge in [0.2, 0.25) is 15.9 Å². The smallest absolute Gasteiger partial charge is 0.250 e. The highest BCUT2D eigenvalue weighted by Gasteiger charge is 2.48. The fraction of sp³-hybridized carbons (Fsp3) is 0.500. The van der Waals surface area contributed by atoms with Crippen molar-refractivity contribution in [1.29, 1.82) is 0 Å². The number of benzene rings is 3. The number of nitrogens with zero attached hydrogens (tertiary/aromatic N) is 4. The largest absolute Gasteiger partial charge is 0.371 e. The number of halogens is 3. The van der Waals surface area contributed by atoms with Gasteiger partial charge in [0.1, 0.15) is 5.82 Å². The molecule has 0 radical (unpaired) electrons. The standard InChI is InChI=1S/C44H52F3N5O4S/c1-4-42(54)51-28-43(2)14-5-17-52(43)40-26-33(8-11-39(40)51)49-20-15-44(16-21-49)27-31(34-9-7-32(45)25-35(34)44)24-41(53)48-38(23-29-6-10-36(46)37(47)22-29)30-12-18-50(19-13-30)57(3,55)56/h4,6-11,22,25-26,30-31,38H,1,5,12-21,23-24,27-28H2,2-3H3,(H,48,53)/t31-,38-,43+/m1/s1. The van der Waals surface area contributed by atoms with Gasteiger partial charge in [-0.15, -0.1) is 0 Å². The number of rotatable bonds is 9. The molecule has 3 fully saturated rings. The molecular weight excluding hydrogens is 752 g/mol. The minimum Gasteiger partial charge on any atom is -0.371 e. The summed E-state index contributed by atoms with van der Waals surface area (Å²) in [4.78, 5) is 33.6. The normalized spacial score (nSPS) is 23.9. The summed E-state index contributed by atoms with van der Waals surface area (Å²) >= 11 is 0. The third-order valence-corrected chi connectivity index (χ3v) is 15.0. The number of hydrogen-bond acceptors (Lipinski definition) is 6. The number of anilines is 3. The predicted octanol–water partition coefficient (Wildman–Crippen LogP) is 6.81. The maximum atomic E-state index is 15.0. The SMILES string of the molecule is C=CC(=O)N1C[C@]2(C)CCCN2c2cc(N3CCC4(CC3)C[C@@H](CC(=O)N[C@H](Cc3ccc(F)c(F)c3)C3CCN(S(C)(=O)=O)CC3)c3ccc(F)cc34)ccc21. The van der Waals surface area contributed by atoms with Crippen LogP contribution in [0.1, 0.15) is 80.9 Å². The van der Waals surface area contributed by atoms with Gasteiger partial charge in [0.05, 0.1) is 23.2 Å². The summed E-state index contributed by atoms with van der Waals surface area (Å²) in [5.41, 5.74) is 5.15. The fourth-order valence-corrected chi connectivity index (χ4v) is 11.6. The number of nitrogens with one attached hydrogen (secondary N) is 1. The van der Waals surface area contributed by atoms with Crippen LogP contribution >= 0.6 is 0 Å². The molecule has 1 N–H and O–H groups in total. The second kappa shape index (κ2) is 15.1. The molecule has 4 heterocycles. The number of piperidine rings is 2. The van der Waals surface area contributed by atoms with E-state index < -0.39 is 27.7 Å². The van der Waals surface area contributed by atoms with Crippen molar-refractivity contribution in [2.24, 2.45) is 5.92 Å². The molecule has 0 aromatic heterocycles. The van der Waals surface area contributed by atoms with Crippen LogP contribution in [0.4, 0.5) is 30.2 Å². The molecule has 2 amide bonds. The highest BCUT2D eigenvalue weighted by Crippen LogP contribution is 2.54. The van der Waals surface area contributed by atoms with Crippen LogP contribution < -0.4 is 20.0 Å². The first-order valence-electron chi connectivity index (χ1n) is 20.3. The van der Waals surface area contributed by atoms with Crippen LogP contribution in [0.25, 0.3) is 0 Å². The first kappa shape index (κ1) is 39.5. The third-order valence-electron chi connectivity index (χ3n) is 13.7. The molecule has 3 saturated heterocycles. The molecule has 1 aliphatic carbocycles. The fourth-order valence-electron chi connectivity index (χ4n) is 10.7. The lowest BCUT2D eigenvalue weighted by Crippen LogP contribution is -2.55. The quantitative estimate of drug-likeness (QED) is 0.239. The Bertz CT molecular complexity index is 2190. The molecule has 3 aromatic rings.